The number of carbonyl (C=O) groups is 2. The van der Waals surface area contributed by atoms with Crippen LogP contribution in [-0.2, 0) is 9.59 Å². The summed E-state index contributed by atoms with van der Waals surface area (Å²) < 4.78 is 0. The maximum Gasteiger partial charge on any atom is 0.312 e. The molecule has 0 aromatic carbocycles. The standard InChI is InChI=1S/C15H18N2O4/c18-13(19)7-6-11(15(20)21)14-10(4-3-9-17-14)12-5-1-2-8-16-12/h1-4,9,11-12,16H,5-8H2,(H,18,19)(H,20,21). The van der Waals surface area contributed by atoms with Crippen molar-refractivity contribution < 1.29 is 19.8 Å². The Kier molecular flexibility index (Phi) is 5.05. The monoisotopic (exact) mass is 290 g/mol. The van der Waals surface area contributed by atoms with E-state index in [9.17, 15) is 14.7 Å². The highest BCUT2D eigenvalue weighted by molar-refractivity contribution is 5.77. The molecule has 1 aromatic heterocycles. The van der Waals surface area contributed by atoms with Crippen molar-refractivity contribution in [3.63, 3.8) is 0 Å². The smallest absolute Gasteiger partial charge is 0.312 e. The van der Waals surface area contributed by atoms with Crippen LogP contribution in [0.3, 0.4) is 0 Å². The van der Waals surface area contributed by atoms with E-state index < -0.39 is 17.9 Å². The van der Waals surface area contributed by atoms with Gasteiger partial charge in [0, 0.05) is 25.2 Å². The first-order valence-electron chi connectivity index (χ1n) is 6.87. The van der Waals surface area contributed by atoms with E-state index in [-0.39, 0.29) is 18.9 Å². The Morgan fingerprint density at radius 2 is 2.19 bits per heavy atom. The third-order valence-corrected chi connectivity index (χ3v) is 3.54. The average molecular weight is 290 g/mol. The summed E-state index contributed by atoms with van der Waals surface area (Å²) in [4.78, 5) is 26.4. The summed E-state index contributed by atoms with van der Waals surface area (Å²) in [5.74, 6) is -2.94. The fourth-order valence-corrected chi connectivity index (χ4v) is 2.51. The van der Waals surface area contributed by atoms with E-state index in [2.05, 4.69) is 10.3 Å². The van der Waals surface area contributed by atoms with Crippen molar-refractivity contribution in [1.29, 1.82) is 0 Å². The Bertz CT molecular complexity index is 556. The molecule has 1 aliphatic heterocycles. The van der Waals surface area contributed by atoms with E-state index in [1.165, 1.54) is 0 Å². The van der Waals surface area contributed by atoms with Crippen molar-refractivity contribution in [2.45, 2.75) is 31.2 Å². The number of nitrogens with zero attached hydrogens (tertiary/aromatic N) is 1. The van der Waals surface area contributed by atoms with Crippen molar-refractivity contribution in [2.75, 3.05) is 6.54 Å². The zero-order chi connectivity index (χ0) is 15.2. The molecule has 2 unspecified atom stereocenters. The molecular weight excluding hydrogens is 272 g/mol. The third-order valence-electron chi connectivity index (χ3n) is 3.54. The summed E-state index contributed by atoms with van der Waals surface area (Å²) in [6.45, 7) is 0.728. The van der Waals surface area contributed by atoms with Crippen LogP contribution in [0.1, 0.15) is 42.5 Å². The minimum Gasteiger partial charge on any atom is -0.481 e. The lowest BCUT2D eigenvalue weighted by Gasteiger charge is -2.24. The second kappa shape index (κ2) is 6.99. The molecule has 0 saturated carbocycles. The van der Waals surface area contributed by atoms with Crippen molar-refractivity contribution in [1.82, 2.24) is 10.3 Å². The second-order valence-corrected chi connectivity index (χ2v) is 4.97. The molecule has 3 N–H and O–H groups in total. The van der Waals surface area contributed by atoms with E-state index in [1.54, 1.807) is 12.3 Å². The first kappa shape index (κ1) is 15.2. The van der Waals surface area contributed by atoms with Gasteiger partial charge in [-0.2, -0.15) is 0 Å². The molecule has 0 aliphatic carbocycles. The number of hydrogen-bond donors (Lipinski definition) is 3. The minimum atomic E-state index is -1.04. The molecule has 1 aromatic rings. The number of rotatable bonds is 6. The molecule has 112 valence electrons. The van der Waals surface area contributed by atoms with Crippen LogP contribution in [0.15, 0.2) is 30.5 Å². The lowest BCUT2D eigenvalue weighted by atomic mass is 9.90. The molecule has 1 aliphatic rings. The van der Waals surface area contributed by atoms with Gasteiger partial charge in [-0.05, 0) is 24.5 Å². The van der Waals surface area contributed by atoms with E-state index >= 15 is 0 Å². The Hall–Kier alpha value is -2.21. The van der Waals surface area contributed by atoms with Crippen molar-refractivity contribution in [3.8, 4) is 0 Å². The average Bonchev–Trinajstić information content (AvgIpc) is 2.48. The molecule has 6 heteroatoms. The van der Waals surface area contributed by atoms with Gasteiger partial charge in [0.25, 0.3) is 0 Å². The highest BCUT2D eigenvalue weighted by Crippen LogP contribution is 2.29. The Morgan fingerprint density at radius 3 is 2.81 bits per heavy atom. The van der Waals surface area contributed by atoms with Gasteiger partial charge in [0.05, 0.1) is 11.6 Å². The first-order chi connectivity index (χ1) is 10.1. The summed E-state index contributed by atoms with van der Waals surface area (Å²) in [5, 5.41) is 21.5. The topological polar surface area (TPSA) is 99.5 Å². The zero-order valence-electron chi connectivity index (χ0n) is 11.5. The van der Waals surface area contributed by atoms with Gasteiger partial charge in [-0.15, -0.1) is 0 Å². The summed E-state index contributed by atoms with van der Waals surface area (Å²) in [7, 11) is 0. The SMILES string of the molecule is O=C(O)CCC(C(=O)O)c1ncccc1C1CC=CCN1. The quantitative estimate of drug-likeness (QED) is 0.690. The van der Waals surface area contributed by atoms with Crippen LogP contribution in [0, 0.1) is 0 Å². The molecule has 2 atom stereocenters. The van der Waals surface area contributed by atoms with Gasteiger partial charge < -0.3 is 15.5 Å². The molecule has 0 saturated heterocycles. The zero-order valence-corrected chi connectivity index (χ0v) is 11.5. The van der Waals surface area contributed by atoms with E-state index in [0.717, 1.165) is 18.5 Å². The summed E-state index contributed by atoms with van der Waals surface area (Å²) in [6, 6.07) is 3.65. The van der Waals surface area contributed by atoms with Crippen molar-refractivity contribution in [3.05, 3.63) is 41.7 Å². The molecule has 0 bridgehead atoms. The molecule has 0 fully saturated rings. The molecule has 2 heterocycles. The summed E-state index contributed by atoms with van der Waals surface area (Å²) in [5.41, 5.74) is 1.29. The fraction of sp³-hybridized carbons (Fsp3) is 0.400. The van der Waals surface area contributed by atoms with E-state index in [4.69, 9.17) is 5.11 Å². The predicted molar refractivity (Wildman–Crippen MR) is 76.0 cm³/mol. The third kappa shape index (κ3) is 3.88. The van der Waals surface area contributed by atoms with Gasteiger partial charge in [0.15, 0.2) is 0 Å². The Morgan fingerprint density at radius 1 is 1.38 bits per heavy atom. The van der Waals surface area contributed by atoms with Gasteiger partial charge in [-0.1, -0.05) is 18.2 Å². The number of aromatic nitrogens is 1. The normalized spacial score (nSPS) is 19.1. The van der Waals surface area contributed by atoms with Crippen molar-refractivity contribution >= 4 is 11.9 Å². The summed E-state index contributed by atoms with van der Waals surface area (Å²) in [6.07, 6.45) is 6.23. The van der Waals surface area contributed by atoms with Gasteiger partial charge in [-0.3, -0.25) is 14.6 Å². The predicted octanol–water partition coefficient (Wildman–Crippen LogP) is 1.71. The fourth-order valence-electron chi connectivity index (χ4n) is 2.51. The minimum absolute atomic E-state index is 0.0189. The number of aliphatic carboxylic acids is 2. The van der Waals surface area contributed by atoms with E-state index in [1.807, 2.05) is 18.2 Å². The van der Waals surface area contributed by atoms with Crippen molar-refractivity contribution in [2.24, 2.45) is 0 Å². The van der Waals surface area contributed by atoms with Crippen LogP contribution in [0.2, 0.25) is 0 Å². The Balaban J connectivity index is 2.29. The van der Waals surface area contributed by atoms with Crippen LogP contribution < -0.4 is 5.32 Å². The highest BCUT2D eigenvalue weighted by Gasteiger charge is 2.27. The number of carboxylic acid groups (broad SMARTS) is 2. The molecule has 6 nitrogen and oxygen atoms in total. The maximum atomic E-state index is 11.5. The number of pyridine rings is 1. The van der Waals surface area contributed by atoms with Crippen LogP contribution in [-0.4, -0.2) is 33.7 Å². The Labute approximate surface area is 122 Å². The van der Waals surface area contributed by atoms with Crippen LogP contribution in [0.25, 0.3) is 0 Å². The van der Waals surface area contributed by atoms with Gasteiger partial charge >= 0.3 is 11.9 Å². The van der Waals surface area contributed by atoms with Gasteiger partial charge in [-0.25, -0.2) is 0 Å². The lowest BCUT2D eigenvalue weighted by Crippen LogP contribution is -2.27. The molecule has 0 radical (unpaired) electrons. The van der Waals surface area contributed by atoms with Gasteiger partial charge in [0.1, 0.15) is 0 Å². The molecular formula is C15H18N2O4. The second-order valence-electron chi connectivity index (χ2n) is 4.97. The molecule has 21 heavy (non-hydrogen) atoms. The van der Waals surface area contributed by atoms with Gasteiger partial charge in [0.2, 0.25) is 0 Å². The van der Waals surface area contributed by atoms with E-state index in [0.29, 0.717) is 5.69 Å². The molecule has 0 spiro atoms. The maximum absolute atomic E-state index is 11.5. The van der Waals surface area contributed by atoms with Crippen LogP contribution >= 0.6 is 0 Å². The molecule has 2 rings (SSSR count). The first-order valence-corrected chi connectivity index (χ1v) is 6.87. The number of hydrogen-bond acceptors (Lipinski definition) is 4. The highest BCUT2D eigenvalue weighted by atomic mass is 16.4. The van der Waals surface area contributed by atoms with Crippen LogP contribution in [0.4, 0.5) is 0 Å². The molecule has 0 amide bonds. The van der Waals surface area contributed by atoms with Crippen LogP contribution in [0.5, 0.6) is 0 Å². The number of nitrogens with one attached hydrogen (secondary N) is 1. The number of carboxylic acids is 2. The lowest BCUT2D eigenvalue weighted by molar-refractivity contribution is -0.140. The largest absolute Gasteiger partial charge is 0.481 e. The summed E-state index contributed by atoms with van der Waals surface area (Å²) >= 11 is 0.